The number of anilines is 2. The van der Waals surface area contributed by atoms with Crippen molar-refractivity contribution in [2.24, 2.45) is 0 Å². The van der Waals surface area contributed by atoms with E-state index in [1.165, 1.54) is 30.0 Å². The van der Waals surface area contributed by atoms with Gasteiger partial charge in [-0.25, -0.2) is 4.39 Å². The summed E-state index contributed by atoms with van der Waals surface area (Å²) >= 11 is 0. The van der Waals surface area contributed by atoms with Crippen molar-refractivity contribution in [3.05, 3.63) is 53.8 Å². The predicted molar refractivity (Wildman–Crippen MR) is 88.9 cm³/mol. The summed E-state index contributed by atoms with van der Waals surface area (Å²) < 4.78 is 19.8. The van der Waals surface area contributed by atoms with Crippen molar-refractivity contribution < 1.29 is 18.7 Å². The molecule has 1 atom stereocenters. The molecule has 0 aromatic heterocycles. The first-order chi connectivity index (χ1) is 11.5. The zero-order valence-electron chi connectivity index (χ0n) is 13.4. The monoisotopic (exact) mass is 328 g/mol. The molecule has 1 heterocycles. The van der Waals surface area contributed by atoms with Crippen LogP contribution in [0.5, 0.6) is 5.75 Å². The maximum atomic E-state index is 14.2. The maximum absolute atomic E-state index is 14.2. The van der Waals surface area contributed by atoms with E-state index in [0.717, 1.165) is 0 Å². The lowest BCUT2D eigenvalue weighted by atomic mass is 10.1. The molecule has 0 aliphatic carbocycles. The van der Waals surface area contributed by atoms with E-state index in [4.69, 9.17) is 4.74 Å². The largest absolute Gasteiger partial charge is 0.489 e. The first-order valence-electron chi connectivity index (χ1n) is 7.60. The summed E-state index contributed by atoms with van der Waals surface area (Å²) in [6.45, 7) is 3.52. The number of fused-ring (bicyclic) bond motifs is 1. The maximum Gasteiger partial charge on any atom is 0.261 e. The molecule has 1 aliphatic heterocycles. The van der Waals surface area contributed by atoms with Gasteiger partial charge in [0.05, 0.1) is 17.3 Å². The average molecular weight is 328 g/mol. The highest BCUT2D eigenvalue weighted by Gasteiger charge is 2.31. The molecule has 24 heavy (non-hydrogen) atoms. The molecule has 1 aliphatic rings. The average Bonchev–Trinajstić information content (AvgIpc) is 2.55. The van der Waals surface area contributed by atoms with Crippen molar-refractivity contribution in [1.82, 2.24) is 0 Å². The molecule has 2 aromatic rings. The van der Waals surface area contributed by atoms with Crippen LogP contribution in [0.15, 0.2) is 42.5 Å². The third-order valence-corrected chi connectivity index (χ3v) is 3.78. The standard InChI is InChI=1S/C18H17FN2O3/c1-11-10-24-17-6-4-3-5-16(17)21(11)18(23)14-9-13(20-12(2)22)7-8-15(14)19/h3-9,11H,10H2,1-2H3,(H,20,22)/t11-/m0/s1. The van der Waals surface area contributed by atoms with Crippen LogP contribution >= 0.6 is 0 Å². The highest BCUT2D eigenvalue weighted by atomic mass is 19.1. The van der Waals surface area contributed by atoms with Crippen LogP contribution in [0.2, 0.25) is 0 Å². The molecular formula is C18H17FN2O3. The van der Waals surface area contributed by atoms with E-state index in [9.17, 15) is 14.0 Å². The predicted octanol–water partition coefficient (Wildman–Crippen LogP) is 3.21. The number of benzene rings is 2. The van der Waals surface area contributed by atoms with Crippen LogP contribution in [0.3, 0.4) is 0 Å². The van der Waals surface area contributed by atoms with Gasteiger partial charge in [0.25, 0.3) is 5.91 Å². The van der Waals surface area contributed by atoms with Crippen LogP contribution in [-0.2, 0) is 4.79 Å². The summed E-state index contributed by atoms with van der Waals surface area (Å²) in [4.78, 5) is 25.7. The molecule has 6 heteroatoms. The van der Waals surface area contributed by atoms with Crippen LogP contribution in [0, 0.1) is 5.82 Å². The van der Waals surface area contributed by atoms with Gasteiger partial charge in [-0.2, -0.15) is 0 Å². The summed E-state index contributed by atoms with van der Waals surface area (Å²) in [5.74, 6) is -0.805. The summed E-state index contributed by atoms with van der Waals surface area (Å²) in [7, 11) is 0. The minimum absolute atomic E-state index is 0.0928. The zero-order chi connectivity index (χ0) is 17.3. The number of ether oxygens (including phenoxy) is 1. The molecule has 0 bridgehead atoms. The highest BCUT2D eigenvalue weighted by Crippen LogP contribution is 2.35. The van der Waals surface area contributed by atoms with E-state index >= 15 is 0 Å². The second-order valence-corrected chi connectivity index (χ2v) is 5.68. The normalized spacial score (nSPS) is 16.1. The van der Waals surface area contributed by atoms with Crippen LogP contribution in [0.25, 0.3) is 0 Å². The Balaban J connectivity index is 2.01. The quantitative estimate of drug-likeness (QED) is 0.921. The first-order valence-corrected chi connectivity index (χ1v) is 7.60. The second-order valence-electron chi connectivity index (χ2n) is 5.68. The molecule has 0 unspecified atom stereocenters. The summed E-state index contributed by atoms with van der Waals surface area (Å²) in [6, 6.07) is 10.9. The van der Waals surface area contributed by atoms with E-state index in [2.05, 4.69) is 5.32 Å². The number of hydrogen-bond donors (Lipinski definition) is 1. The van der Waals surface area contributed by atoms with Crippen molar-refractivity contribution >= 4 is 23.2 Å². The molecule has 3 rings (SSSR count). The number of carbonyl (C=O) groups excluding carboxylic acids is 2. The van der Waals surface area contributed by atoms with Crippen molar-refractivity contribution in [3.63, 3.8) is 0 Å². The van der Waals surface area contributed by atoms with Gasteiger partial charge in [-0.05, 0) is 37.3 Å². The fourth-order valence-corrected chi connectivity index (χ4v) is 2.71. The molecule has 2 aromatic carbocycles. The Morgan fingerprint density at radius 2 is 2.00 bits per heavy atom. The van der Waals surface area contributed by atoms with Gasteiger partial charge in [0, 0.05) is 12.6 Å². The first kappa shape index (κ1) is 16.0. The van der Waals surface area contributed by atoms with E-state index in [1.54, 1.807) is 18.2 Å². The summed E-state index contributed by atoms with van der Waals surface area (Å²) in [5.41, 5.74) is 0.886. The van der Waals surface area contributed by atoms with Gasteiger partial charge in [-0.3, -0.25) is 14.5 Å². The lowest BCUT2D eigenvalue weighted by Crippen LogP contribution is -2.45. The van der Waals surface area contributed by atoms with Gasteiger partial charge in [-0.1, -0.05) is 12.1 Å². The van der Waals surface area contributed by atoms with E-state index < -0.39 is 11.7 Å². The van der Waals surface area contributed by atoms with Crippen LogP contribution < -0.4 is 15.0 Å². The smallest absolute Gasteiger partial charge is 0.261 e. The summed E-state index contributed by atoms with van der Waals surface area (Å²) in [5, 5.41) is 2.56. The number of para-hydroxylation sites is 2. The molecular weight excluding hydrogens is 311 g/mol. The lowest BCUT2D eigenvalue weighted by Gasteiger charge is -2.35. The molecule has 1 N–H and O–H groups in total. The zero-order valence-corrected chi connectivity index (χ0v) is 13.4. The Hall–Kier alpha value is -2.89. The van der Waals surface area contributed by atoms with Gasteiger partial charge in [0.2, 0.25) is 5.91 Å². The molecule has 0 saturated carbocycles. The summed E-state index contributed by atoms with van der Waals surface area (Å²) in [6.07, 6.45) is 0. The lowest BCUT2D eigenvalue weighted by molar-refractivity contribution is -0.114. The third kappa shape index (κ3) is 2.95. The number of rotatable bonds is 2. The number of nitrogens with one attached hydrogen (secondary N) is 1. The Kier molecular flexibility index (Phi) is 4.20. The molecule has 0 saturated heterocycles. The van der Waals surface area contributed by atoms with Gasteiger partial charge >= 0.3 is 0 Å². The molecule has 124 valence electrons. The fourth-order valence-electron chi connectivity index (χ4n) is 2.71. The number of halogens is 1. The van der Waals surface area contributed by atoms with Crippen LogP contribution in [0.4, 0.5) is 15.8 Å². The molecule has 0 spiro atoms. The Labute approximate surface area is 139 Å². The van der Waals surface area contributed by atoms with Crippen molar-refractivity contribution in [2.75, 3.05) is 16.8 Å². The Morgan fingerprint density at radius 3 is 2.75 bits per heavy atom. The van der Waals surface area contributed by atoms with E-state index in [0.29, 0.717) is 23.7 Å². The SMILES string of the molecule is CC(=O)Nc1ccc(F)c(C(=O)N2c3ccccc3OC[C@@H]2C)c1. The minimum atomic E-state index is -0.634. The van der Waals surface area contributed by atoms with Gasteiger partial charge in [0.1, 0.15) is 18.2 Å². The van der Waals surface area contributed by atoms with E-state index in [1.807, 2.05) is 13.0 Å². The van der Waals surface area contributed by atoms with Gasteiger partial charge < -0.3 is 10.1 Å². The van der Waals surface area contributed by atoms with Crippen molar-refractivity contribution in [2.45, 2.75) is 19.9 Å². The van der Waals surface area contributed by atoms with Gasteiger partial charge in [-0.15, -0.1) is 0 Å². The number of hydrogen-bond acceptors (Lipinski definition) is 3. The number of amides is 2. The third-order valence-electron chi connectivity index (χ3n) is 3.78. The number of carbonyl (C=O) groups is 2. The number of nitrogens with zero attached hydrogens (tertiary/aromatic N) is 1. The van der Waals surface area contributed by atoms with Crippen LogP contribution in [-0.4, -0.2) is 24.5 Å². The molecule has 5 nitrogen and oxygen atoms in total. The molecule has 2 amide bonds. The van der Waals surface area contributed by atoms with Crippen LogP contribution in [0.1, 0.15) is 24.2 Å². The highest BCUT2D eigenvalue weighted by molar-refractivity contribution is 6.08. The second kappa shape index (κ2) is 6.31. The topological polar surface area (TPSA) is 58.6 Å². The van der Waals surface area contributed by atoms with Gasteiger partial charge in [0.15, 0.2) is 0 Å². The van der Waals surface area contributed by atoms with E-state index in [-0.39, 0.29) is 17.5 Å². The minimum Gasteiger partial charge on any atom is -0.489 e. The van der Waals surface area contributed by atoms with Crippen molar-refractivity contribution in [3.8, 4) is 5.75 Å². The molecule has 0 radical (unpaired) electrons. The van der Waals surface area contributed by atoms with Crippen molar-refractivity contribution in [1.29, 1.82) is 0 Å². The Morgan fingerprint density at radius 1 is 1.25 bits per heavy atom. The molecule has 0 fully saturated rings. The Bertz CT molecular complexity index is 807. The fraction of sp³-hybridized carbons (Fsp3) is 0.222.